The molecule has 0 radical (unpaired) electrons. The third-order valence-corrected chi connectivity index (χ3v) is 2.79. The summed E-state index contributed by atoms with van der Waals surface area (Å²) in [6.45, 7) is 4.14. The van der Waals surface area contributed by atoms with Gasteiger partial charge in [-0.05, 0) is 43.3 Å². The van der Waals surface area contributed by atoms with Gasteiger partial charge in [0.1, 0.15) is 0 Å². The highest BCUT2D eigenvalue weighted by molar-refractivity contribution is 6.31. The standard InChI is InChI=1S/C12H15ClN2/c1-2-14-6-5-9-8-15-12-4-3-10(13)7-11(9)12/h3-4,7-8,14-15H,2,5-6H2,1H3. The van der Waals surface area contributed by atoms with Gasteiger partial charge in [-0.15, -0.1) is 0 Å². The minimum atomic E-state index is 0.798. The van der Waals surface area contributed by atoms with Crippen molar-refractivity contribution in [1.82, 2.24) is 10.3 Å². The van der Waals surface area contributed by atoms with Gasteiger partial charge < -0.3 is 10.3 Å². The van der Waals surface area contributed by atoms with Crippen LogP contribution in [0.4, 0.5) is 0 Å². The number of likely N-dealkylation sites (N-methyl/N-ethyl adjacent to an activating group) is 1. The molecule has 1 heterocycles. The van der Waals surface area contributed by atoms with Gasteiger partial charge in [0.2, 0.25) is 0 Å². The minimum Gasteiger partial charge on any atom is -0.361 e. The number of H-pyrrole nitrogens is 1. The fourth-order valence-electron chi connectivity index (χ4n) is 1.76. The van der Waals surface area contributed by atoms with Gasteiger partial charge in [-0.25, -0.2) is 0 Å². The maximum Gasteiger partial charge on any atom is 0.0457 e. The number of aromatic nitrogens is 1. The predicted octanol–water partition coefficient (Wildman–Crippen LogP) is 2.97. The van der Waals surface area contributed by atoms with Crippen LogP contribution in [0, 0.1) is 0 Å². The Morgan fingerprint density at radius 3 is 3.07 bits per heavy atom. The van der Waals surface area contributed by atoms with Crippen molar-refractivity contribution in [3.8, 4) is 0 Å². The summed E-state index contributed by atoms with van der Waals surface area (Å²) in [6, 6.07) is 5.96. The topological polar surface area (TPSA) is 27.8 Å². The van der Waals surface area contributed by atoms with Crippen LogP contribution < -0.4 is 5.32 Å². The Morgan fingerprint density at radius 1 is 1.40 bits per heavy atom. The molecule has 0 saturated heterocycles. The van der Waals surface area contributed by atoms with Crippen LogP contribution in [0.3, 0.4) is 0 Å². The molecule has 2 rings (SSSR count). The highest BCUT2D eigenvalue weighted by Gasteiger charge is 2.03. The first kappa shape index (κ1) is 10.5. The summed E-state index contributed by atoms with van der Waals surface area (Å²) in [6.07, 6.45) is 3.10. The van der Waals surface area contributed by atoms with Gasteiger partial charge >= 0.3 is 0 Å². The normalized spacial score (nSPS) is 11.1. The number of aromatic amines is 1. The lowest BCUT2D eigenvalue weighted by molar-refractivity contribution is 0.718. The summed E-state index contributed by atoms with van der Waals surface area (Å²) in [5, 5.41) is 5.35. The van der Waals surface area contributed by atoms with Gasteiger partial charge in [0.25, 0.3) is 0 Å². The highest BCUT2D eigenvalue weighted by atomic mass is 35.5. The average molecular weight is 223 g/mol. The van der Waals surface area contributed by atoms with E-state index in [2.05, 4.69) is 23.4 Å². The van der Waals surface area contributed by atoms with E-state index in [1.807, 2.05) is 18.2 Å². The number of hydrogen-bond acceptors (Lipinski definition) is 1. The Hall–Kier alpha value is -0.990. The molecule has 0 aliphatic heterocycles. The number of fused-ring (bicyclic) bond motifs is 1. The fraction of sp³-hybridized carbons (Fsp3) is 0.333. The number of nitrogens with one attached hydrogen (secondary N) is 2. The first-order valence-electron chi connectivity index (χ1n) is 5.27. The van der Waals surface area contributed by atoms with Crippen molar-refractivity contribution in [1.29, 1.82) is 0 Å². The zero-order valence-electron chi connectivity index (χ0n) is 8.81. The van der Waals surface area contributed by atoms with Crippen molar-refractivity contribution >= 4 is 22.5 Å². The Morgan fingerprint density at radius 2 is 2.27 bits per heavy atom. The molecular weight excluding hydrogens is 208 g/mol. The molecule has 80 valence electrons. The zero-order chi connectivity index (χ0) is 10.7. The lowest BCUT2D eigenvalue weighted by Gasteiger charge is -2.00. The van der Waals surface area contributed by atoms with Gasteiger partial charge in [-0.1, -0.05) is 18.5 Å². The number of hydrogen-bond donors (Lipinski definition) is 2. The van der Waals surface area contributed by atoms with Crippen LogP contribution in [0.15, 0.2) is 24.4 Å². The molecule has 0 atom stereocenters. The number of benzene rings is 1. The van der Waals surface area contributed by atoms with Gasteiger partial charge in [0, 0.05) is 22.1 Å². The van der Waals surface area contributed by atoms with Gasteiger partial charge in [-0.3, -0.25) is 0 Å². The molecular formula is C12H15ClN2. The summed E-state index contributed by atoms with van der Waals surface area (Å²) in [4.78, 5) is 3.26. The smallest absolute Gasteiger partial charge is 0.0457 e. The van der Waals surface area contributed by atoms with Crippen LogP contribution in [-0.2, 0) is 6.42 Å². The quantitative estimate of drug-likeness (QED) is 0.765. The second-order valence-electron chi connectivity index (χ2n) is 3.61. The van der Waals surface area contributed by atoms with E-state index in [-0.39, 0.29) is 0 Å². The van der Waals surface area contributed by atoms with Crippen molar-refractivity contribution < 1.29 is 0 Å². The SMILES string of the molecule is CCNCCc1c[nH]c2ccc(Cl)cc12. The van der Waals surface area contributed by atoms with Crippen molar-refractivity contribution in [2.75, 3.05) is 13.1 Å². The molecule has 2 nitrogen and oxygen atoms in total. The number of rotatable bonds is 4. The number of halogens is 1. The van der Waals surface area contributed by atoms with E-state index in [1.54, 1.807) is 0 Å². The summed E-state index contributed by atoms with van der Waals surface area (Å²) in [5.41, 5.74) is 2.49. The first-order chi connectivity index (χ1) is 7.31. The molecule has 0 saturated carbocycles. The molecule has 2 aromatic rings. The Bertz CT molecular complexity index is 448. The summed E-state index contributed by atoms with van der Waals surface area (Å²) >= 11 is 5.98. The molecule has 0 amide bonds. The van der Waals surface area contributed by atoms with Crippen molar-refractivity contribution in [3.05, 3.63) is 35.0 Å². The second kappa shape index (κ2) is 4.69. The van der Waals surface area contributed by atoms with Crippen molar-refractivity contribution in [3.63, 3.8) is 0 Å². The Labute approximate surface area is 94.6 Å². The van der Waals surface area contributed by atoms with E-state index in [9.17, 15) is 0 Å². The maximum absolute atomic E-state index is 5.98. The first-order valence-corrected chi connectivity index (χ1v) is 5.65. The molecule has 0 fully saturated rings. The molecule has 0 unspecified atom stereocenters. The zero-order valence-corrected chi connectivity index (χ0v) is 9.56. The molecule has 0 aliphatic rings. The summed E-state index contributed by atoms with van der Waals surface area (Å²) in [7, 11) is 0. The molecule has 1 aromatic heterocycles. The van der Waals surface area contributed by atoms with E-state index in [4.69, 9.17) is 11.6 Å². The van der Waals surface area contributed by atoms with Crippen LogP contribution in [-0.4, -0.2) is 18.1 Å². The second-order valence-corrected chi connectivity index (χ2v) is 4.04. The fourth-order valence-corrected chi connectivity index (χ4v) is 1.93. The molecule has 0 bridgehead atoms. The highest BCUT2D eigenvalue weighted by Crippen LogP contribution is 2.22. The molecule has 15 heavy (non-hydrogen) atoms. The monoisotopic (exact) mass is 222 g/mol. The van der Waals surface area contributed by atoms with Crippen LogP contribution in [0.5, 0.6) is 0 Å². The van der Waals surface area contributed by atoms with Crippen LogP contribution >= 0.6 is 11.6 Å². The Balaban J connectivity index is 2.23. The lowest BCUT2D eigenvalue weighted by atomic mass is 10.1. The molecule has 0 spiro atoms. The third kappa shape index (κ3) is 2.33. The van der Waals surface area contributed by atoms with Crippen LogP contribution in [0.25, 0.3) is 10.9 Å². The summed E-state index contributed by atoms with van der Waals surface area (Å²) in [5.74, 6) is 0. The minimum absolute atomic E-state index is 0.798. The van der Waals surface area contributed by atoms with E-state index in [0.29, 0.717) is 0 Å². The van der Waals surface area contributed by atoms with Gasteiger partial charge in [0.15, 0.2) is 0 Å². The van der Waals surface area contributed by atoms with E-state index < -0.39 is 0 Å². The average Bonchev–Trinajstić information content (AvgIpc) is 2.62. The van der Waals surface area contributed by atoms with Crippen molar-refractivity contribution in [2.24, 2.45) is 0 Å². The predicted molar refractivity (Wildman–Crippen MR) is 65.6 cm³/mol. The largest absolute Gasteiger partial charge is 0.361 e. The van der Waals surface area contributed by atoms with E-state index >= 15 is 0 Å². The van der Waals surface area contributed by atoms with Gasteiger partial charge in [-0.2, -0.15) is 0 Å². The van der Waals surface area contributed by atoms with Crippen LogP contribution in [0.1, 0.15) is 12.5 Å². The Kier molecular flexibility index (Phi) is 3.29. The lowest BCUT2D eigenvalue weighted by Crippen LogP contribution is -2.15. The third-order valence-electron chi connectivity index (χ3n) is 2.55. The molecule has 2 N–H and O–H groups in total. The molecule has 0 aliphatic carbocycles. The summed E-state index contributed by atoms with van der Waals surface area (Å²) < 4.78 is 0. The molecule has 1 aromatic carbocycles. The van der Waals surface area contributed by atoms with Crippen LogP contribution in [0.2, 0.25) is 5.02 Å². The van der Waals surface area contributed by atoms with Gasteiger partial charge in [0.05, 0.1) is 0 Å². The maximum atomic E-state index is 5.98. The van der Waals surface area contributed by atoms with Crippen molar-refractivity contribution in [2.45, 2.75) is 13.3 Å². The molecule has 3 heteroatoms. The van der Waals surface area contributed by atoms with E-state index in [0.717, 1.165) is 30.0 Å². The van der Waals surface area contributed by atoms with E-state index in [1.165, 1.54) is 10.9 Å².